The van der Waals surface area contributed by atoms with Crippen molar-refractivity contribution >= 4 is 23.8 Å². The minimum Gasteiger partial charge on any atom is -1.00 e. The van der Waals surface area contributed by atoms with E-state index in [0.29, 0.717) is 0 Å². The summed E-state index contributed by atoms with van der Waals surface area (Å²) in [5.74, 6) is 0. The van der Waals surface area contributed by atoms with Crippen LogP contribution in [-0.2, 0) is 17.1 Å². The van der Waals surface area contributed by atoms with E-state index in [1.165, 1.54) is 11.1 Å². The predicted octanol–water partition coefficient (Wildman–Crippen LogP) is -3.79. The van der Waals surface area contributed by atoms with Crippen molar-refractivity contribution in [3.63, 3.8) is 0 Å². The van der Waals surface area contributed by atoms with Crippen LogP contribution in [-0.4, -0.2) is 17.4 Å². The third-order valence-electron chi connectivity index (χ3n) is 3.55. The first-order chi connectivity index (χ1) is 11.7. The Kier molecular flexibility index (Phi) is 14.6. The summed E-state index contributed by atoms with van der Waals surface area (Å²) in [6.45, 7) is 4.12. The molecule has 1 aromatic heterocycles. The monoisotopic (exact) mass is 474 g/mol. The van der Waals surface area contributed by atoms with Gasteiger partial charge in [0.1, 0.15) is 0 Å². The molecule has 0 aliphatic carbocycles. The maximum absolute atomic E-state index is 4.54. The minimum atomic E-state index is 0. The summed E-state index contributed by atoms with van der Waals surface area (Å²) >= 11 is 0. The second-order valence-corrected chi connectivity index (χ2v) is 5.67. The quantitative estimate of drug-likeness (QED) is 0.282. The minimum absolute atomic E-state index is 0. The zero-order chi connectivity index (χ0) is 16.8. The number of nitrogens with zero attached hydrogens (tertiary/aromatic N) is 3. The molecule has 0 aliphatic heterocycles. The summed E-state index contributed by atoms with van der Waals surface area (Å²) in [5.41, 5.74) is 5.90. The first kappa shape index (κ1) is 28.5. The average Bonchev–Trinajstić information content (AvgIpc) is 2.61. The molecule has 3 rings (SSSR count). The number of aromatic nitrogens is 1. The molecule has 28 heavy (non-hydrogen) atoms. The Balaban J connectivity index is 0. The number of aliphatic imine (C=N–C) groups is 2. The summed E-state index contributed by atoms with van der Waals surface area (Å²) < 4.78 is 0. The fraction of sp³-hybridized carbons (Fsp3) is 0.0952. The van der Waals surface area contributed by atoms with Gasteiger partial charge in [-0.3, -0.25) is 9.98 Å². The molecular formula is C21H19Cl3FeN3. The van der Waals surface area contributed by atoms with Crippen molar-refractivity contribution in [2.45, 2.75) is 13.8 Å². The summed E-state index contributed by atoms with van der Waals surface area (Å²) in [7, 11) is 0. The Labute approximate surface area is 195 Å². The Hall–Kier alpha value is -1.68. The van der Waals surface area contributed by atoms with Crippen LogP contribution in [0, 0.1) is 13.8 Å². The van der Waals surface area contributed by atoms with Crippen LogP contribution in [0.1, 0.15) is 22.5 Å². The number of benzene rings is 2. The second kappa shape index (κ2) is 14.3. The van der Waals surface area contributed by atoms with Gasteiger partial charge in [0.2, 0.25) is 0 Å². The third kappa shape index (κ3) is 9.01. The van der Waals surface area contributed by atoms with Gasteiger partial charge in [0, 0.05) is 0 Å². The molecule has 3 aromatic rings. The fourth-order valence-electron chi connectivity index (χ4n) is 2.16. The fourth-order valence-corrected chi connectivity index (χ4v) is 2.16. The van der Waals surface area contributed by atoms with Gasteiger partial charge in [0.25, 0.3) is 0 Å². The summed E-state index contributed by atoms with van der Waals surface area (Å²) in [5, 5.41) is 0. The molecule has 0 aliphatic rings. The molecule has 2 aromatic carbocycles. The smallest absolute Gasteiger partial charge is 1.00 e. The van der Waals surface area contributed by atoms with Crippen molar-refractivity contribution in [1.29, 1.82) is 0 Å². The molecule has 147 valence electrons. The Morgan fingerprint density at radius 3 is 1.32 bits per heavy atom. The molecular weight excluding hydrogens is 456 g/mol. The van der Waals surface area contributed by atoms with Crippen LogP contribution in [0.2, 0.25) is 0 Å². The molecule has 7 heteroatoms. The number of hydrogen-bond donors (Lipinski definition) is 0. The molecule has 0 bridgehead atoms. The average molecular weight is 476 g/mol. The standard InChI is InChI=1S/C21H19N3.3ClH.Fe/c1-16-6-10-18(11-7-16)22-14-20-4-3-5-21(24-20)15-23-19-12-8-17(2)9-13-19;;;;/h3-15H,1-2H3;3*1H;/q;;;;+3/p-3. The van der Waals surface area contributed by atoms with E-state index < -0.39 is 0 Å². The second-order valence-electron chi connectivity index (χ2n) is 5.67. The number of aryl methyl sites for hydroxylation is 2. The topological polar surface area (TPSA) is 37.6 Å². The Morgan fingerprint density at radius 1 is 0.607 bits per heavy atom. The van der Waals surface area contributed by atoms with Crippen LogP contribution >= 0.6 is 0 Å². The Bertz CT molecular complexity index is 809. The van der Waals surface area contributed by atoms with Crippen molar-refractivity contribution < 1.29 is 54.3 Å². The zero-order valence-electron chi connectivity index (χ0n) is 15.3. The van der Waals surface area contributed by atoms with Crippen LogP contribution in [0.15, 0.2) is 76.7 Å². The zero-order valence-corrected chi connectivity index (χ0v) is 18.7. The third-order valence-corrected chi connectivity index (χ3v) is 3.55. The van der Waals surface area contributed by atoms with Gasteiger partial charge in [0.05, 0.1) is 35.2 Å². The van der Waals surface area contributed by atoms with Gasteiger partial charge < -0.3 is 37.2 Å². The number of rotatable bonds is 4. The van der Waals surface area contributed by atoms with Gasteiger partial charge in [-0.15, -0.1) is 0 Å². The summed E-state index contributed by atoms with van der Waals surface area (Å²) in [6, 6.07) is 22.0. The van der Waals surface area contributed by atoms with Gasteiger partial charge >= 0.3 is 17.1 Å². The SMILES string of the molecule is Cc1ccc(N=Cc2cccc(C=Nc3ccc(C)cc3)n2)cc1.[Cl-].[Cl-].[Cl-].[Fe+3]. The molecule has 1 heterocycles. The molecule has 1 radical (unpaired) electrons. The predicted molar refractivity (Wildman–Crippen MR) is 101 cm³/mol. The first-order valence-electron chi connectivity index (χ1n) is 7.87. The molecule has 0 saturated carbocycles. The molecule has 0 spiro atoms. The van der Waals surface area contributed by atoms with E-state index in [1.807, 2.05) is 66.7 Å². The van der Waals surface area contributed by atoms with Crippen LogP contribution in [0.25, 0.3) is 0 Å². The van der Waals surface area contributed by atoms with Gasteiger partial charge in [0.15, 0.2) is 0 Å². The molecule has 0 atom stereocenters. The van der Waals surface area contributed by atoms with Crippen LogP contribution in [0.3, 0.4) is 0 Å². The van der Waals surface area contributed by atoms with E-state index in [-0.39, 0.29) is 54.3 Å². The maximum atomic E-state index is 4.54. The number of hydrogen-bond acceptors (Lipinski definition) is 3. The van der Waals surface area contributed by atoms with E-state index in [0.717, 1.165) is 22.8 Å². The van der Waals surface area contributed by atoms with E-state index in [9.17, 15) is 0 Å². The van der Waals surface area contributed by atoms with Crippen molar-refractivity contribution in [1.82, 2.24) is 4.98 Å². The van der Waals surface area contributed by atoms with Crippen molar-refractivity contribution in [3.05, 3.63) is 89.2 Å². The van der Waals surface area contributed by atoms with Crippen LogP contribution in [0.5, 0.6) is 0 Å². The van der Waals surface area contributed by atoms with Gasteiger partial charge in [-0.05, 0) is 50.2 Å². The van der Waals surface area contributed by atoms with E-state index >= 15 is 0 Å². The normalized spacial score (nSPS) is 9.79. The number of pyridine rings is 1. The summed E-state index contributed by atoms with van der Waals surface area (Å²) in [6.07, 6.45) is 3.54. The Morgan fingerprint density at radius 2 is 0.964 bits per heavy atom. The van der Waals surface area contributed by atoms with E-state index in [2.05, 4.69) is 28.8 Å². The van der Waals surface area contributed by atoms with Crippen molar-refractivity contribution in [3.8, 4) is 0 Å². The summed E-state index contributed by atoms with van der Waals surface area (Å²) in [4.78, 5) is 13.4. The van der Waals surface area contributed by atoms with Gasteiger partial charge in [-0.1, -0.05) is 41.5 Å². The number of halogens is 3. The maximum Gasteiger partial charge on any atom is 3.00 e. The molecule has 0 N–H and O–H groups in total. The van der Waals surface area contributed by atoms with E-state index in [4.69, 9.17) is 0 Å². The van der Waals surface area contributed by atoms with Crippen molar-refractivity contribution in [2.75, 3.05) is 0 Å². The molecule has 0 saturated heterocycles. The van der Waals surface area contributed by atoms with Crippen LogP contribution in [0.4, 0.5) is 11.4 Å². The molecule has 3 nitrogen and oxygen atoms in total. The van der Waals surface area contributed by atoms with E-state index in [1.54, 1.807) is 12.4 Å². The molecule has 0 fully saturated rings. The first-order valence-corrected chi connectivity index (χ1v) is 7.87. The van der Waals surface area contributed by atoms with Gasteiger partial charge in [-0.2, -0.15) is 0 Å². The molecule has 0 unspecified atom stereocenters. The van der Waals surface area contributed by atoms with Crippen molar-refractivity contribution in [2.24, 2.45) is 9.98 Å². The largest absolute Gasteiger partial charge is 3.00 e. The van der Waals surface area contributed by atoms with Crippen LogP contribution < -0.4 is 37.2 Å². The van der Waals surface area contributed by atoms with Gasteiger partial charge in [-0.25, -0.2) is 4.98 Å². The molecule has 0 amide bonds.